The molecule has 0 bridgehead atoms. The van der Waals surface area contributed by atoms with E-state index < -0.39 is 0 Å². The first-order valence-corrected chi connectivity index (χ1v) is 6.09. The van der Waals surface area contributed by atoms with Crippen LogP contribution in [-0.2, 0) is 0 Å². The zero-order chi connectivity index (χ0) is 14.0. The van der Waals surface area contributed by atoms with Crippen molar-refractivity contribution in [2.75, 3.05) is 5.73 Å². The zero-order valence-corrected chi connectivity index (χ0v) is 11.3. The molecule has 2 aromatic rings. The molecular formula is C14H18N4O. The number of aromatic nitrogens is 2. The standard InChI is InChI=1S/C14H18N4O/c1-14(2,3)16-13(19)12-8-9-18(17-12)11-6-4-10(15)5-7-11/h4-9H,15H2,1-3H3,(H,16,19). The SMILES string of the molecule is CC(C)(C)NC(=O)c1ccn(-c2ccc(N)cc2)n1. The number of hydrogen-bond acceptors (Lipinski definition) is 3. The molecule has 2 rings (SSSR count). The maximum atomic E-state index is 12.0. The van der Waals surface area contributed by atoms with Crippen molar-refractivity contribution in [3.8, 4) is 5.69 Å². The van der Waals surface area contributed by atoms with E-state index >= 15 is 0 Å². The van der Waals surface area contributed by atoms with E-state index in [-0.39, 0.29) is 11.4 Å². The fourth-order valence-corrected chi connectivity index (χ4v) is 1.62. The number of carbonyl (C=O) groups is 1. The Morgan fingerprint density at radius 1 is 1.21 bits per heavy atom. The van der Waals surface area contributed by atoms with Crippen LogP contribution >= 0.6 is 0 Å². The van der Waals surface area contributed by atoms with E-state index in [1.807, 2.05) is 32.9 Å². The number of nitrogens with two attached hydrogens (primary N) is 1. The number of nitrogen functional groups attached to an aromatic ring is 1. The molecule has 0 saturated heterocycles. The van der Waals surface area contributed by atoms with Gasteiger partial charge in [0.05, 0.1) is 5.69 Å². The molecule has 1 aromatic heterocycles. The number of amides is 1. The van der Waals surface area contributed by atoms with Crippen molar-refractivity contribution >= 4 is 11.6 Å². The predicted molar refractivity (Wildman–Crippen MR) is 75.2 cm³/mol. The molecule has 0 spiro atoms. The molecule has 0 aliphatic rings. The number of benzene rings is 1. The first-order valence-electron chi connectivity index (χ1n) is 6.09. The van der Waals surface area contributed by atoms with Gasteiger partial charge >= 0.3 is 0 Å². The minimum absolute atomic E-state index is 0.179. The maximum absolute atomic E-state index is 12.0. The number of nitrogens with one attached hydrogen (secondary N) is 1. The average Bonchev–Trinajstić information content (AvgIpc) is 2.77. The first kappa shape index (κ1) is 13.1. The molecule has 1 aromatic carbocycles. The van der Waals surface area contributed by atoms with E-state index in [0.29, 0.717) is 11.4 Å². The van der Waals surface area contributed by atoms with E-state index in [0.717, 1.165) is 5.69 Å². The lowest BCUT2D eigenvalue weighted by atomic mass is 10.1. The lowest BCUT2D eigenvalue weighted by molar-refractivity contribution is 0.0914. The van der Waals surface area contributed by atoms with Crippen molar-refractivity contribution in [3.05, 3.63) is 42.2 Å². The van der Waals surface area contributed by atoms with Gasteiger partial charge in [-0.25, -0.2) is 4.68 Å². The third kappa shape index (κ3) is 3.34. The van der Waals surface area contributed by atoms with Crippen LogP contribution in [0.25, 0.3) is 5.69 Å². The van der Waals surface area contributed by atoms with Crippen molar-refractivity contribution in [1.29, 1.82) is 0 Å². The molecule has 1 heterocycles. The van der Waals surface area contributed by atoms with Gasteiger partial charge in [-0.3, -0.25) is 4.79 Å². The lowest BCUT2D eigenvalue weighted by Gasteiger charge is -2.19. The smallest absolute Gasteiger partial charge is 0.272 e. The molecule has 5 nitrogen and oxygen atoms in total. The molecule has 0 unspecified atom stereocenters. The normalized spacial score (nSPS) is 11.3. The molecule has 0 atom stereocenters. The summed E-state index contributed by atoms with van der Waals surface area (Å²) in [6.07, 6.45) is 1.75. The van der Waals surface area contributed by atoms with Crippen molar-refractivity contribution < 1.29 is 4.79 Å². The van der Waals surface area contributed by atoms with Gasteiger partial charge in [0.25, 0.3) is 5.91 Å². The van der Waals surface area contributed by atoms with Crippen LogP contribution in [0.15, 0.2) is 36.5 Å². The number of carbonyl (C=O) groups excluding carboxylic acids is 1. The van der Waals surface area contributed by atoms with Gasteiger partial charge in [-0.15, -0.1) is 0 Å². The molecule has 3 N–H and O–H groups in total. The van der Waals surface area contributed by atoms with Crippen molar-refractivity contribution in [3.63, 3.8) is 0 Å². The highest BCUT2D eigenvalue weighted by molar-refractivity contribution is 5.92. The van der Waals surface area contributed by atoms with Crippen LogP contribution < -0.4 is 11.1 Å². The first-order chi connectivity index (χ1) is 8.85. The van der Waals surface area contributed by atoms with Gasteiger partial charge in [-0.1, -0.05) is 0 Å². The fourth-order valence-electron chi connectivity index (χ4n) is 1.62. The molecule has 0 aliphatic carbocycles. The van der Waals surface area contributed by atoms with Crippen LogP contribution in [0.4, 0.5) is 5.69 Å². The summed E-state index contributed by atoms with van der Waals surface area (Å²) in [6.45, 7) is 5.80. The summed E-state index contributed by atoms with van der Waals surface area (Å²) in [7, 11) is 0. The second-order valence-corrected chi connectivity index (χ2v) is 5.44. The summed E-state index contributed by atoms with van der Waals surface area (Å²) in [5.41, 5.74) is 7.31. The van der Waals surface area contributed by atoms with Gasteiger partial charge in [-0.05, 0) is 51.1 Å². The third-order valence-electron chi connectivity index (χ3n) is 2.47. The Morgan fingerprint density at radius 2 is 1.84 bits per heavy atom. The largest absolute Gasteiger partial charge is 0.399 e. The minimum Gasteiger partial charge on any atom is -0.399 e. The number of nitrogens with zero attached hydrogens (tertiary/aromatic N) is 2. The van der Waals surface area contributed by atoms with E-state index in [2.05, 4.69) is 10.4 Å². The lowest BCUT2D eigenvalue weighted by Crippen LogP contribution is -2.40. The van der Waals surface area contributed by atoms with E-state index in [9.17, 15) is 4.79 Å². The number of hydrogen-bond donors (Lipinski definition) is 2. The van der Waals surface area contributed by atoms with Gasteiger partial charge in [0.15, 0.2) is 5.69 Å². The molecule has 0 radical (unpaired) electrons. The average molecular weight is 258 g/mol. The minimum atomic E-state index is -0.276. The Morgan fingerprint density at radius 3 is 2.42 bits per heavy atom. The van der Waals surface area contributed by atoms with Crippen LogP contribution in [-0.4, -0.2) is 21.2 Å². The molecule has 5 heteroatoms. The summed E-state index contributed by atoms with van der Waals surface area (Å²) in [5.74, 6) is -0.179. The van der Waals surface area contributed by atoms with Crippen LogP contribution in [0, 0.1) is 0 Å². The Labute approximate surface area is 112 Å². The second kappa shape index (κ2) is 4.76. The van der Waals surface area contributed by atoms with Gasteiger partial charge in [0.2, 0.25) is 0 Å². The number of rotatable bonds is 2. The second-order valence-electron chi connectivity index (χ2n) is 5.44. The van der Waals surface area contributed by atoms with Gasteiger partial charge in [0.1, 0.15) is 0 Å². The van der Waals surface area contributed by atoms with E-state index in [4.69, 9.17) is 5.73 Å². The van der Waals surface area contributed by atoms with Crippen LogP contribution in [0.5, 0.6) is 0 Å². The fraction of sp³-hybridized carbons (Fsp3) is 0.286. The Kier molecular flexibility index (Phi) is 3.29. The Hall–Kier alpha value is -2.30. The molecule has 19 heavy (non-hydrogen) atoms. The summed E-state index contributed by atoms with van der Waals surface area (Å²) in [6, 6.07) is 9.00. The van der Waals surface area contributed by atoms with Gasteiger partial charge in [-0.2, -0.15) is 5.10 Å². The summed E-state index contributed by atoms with van der Waals surface area (Å²) in [5, 5.41) is 7.13. The maximum Gasteiger partial charge on any atom is 0.272 e. The Bertz CT molecular complexity index is 578. The van der Waals surface area contributed by atoms with E-state index in [1.54, 1.807) is 29.1 Å². The predicted octanol–water partition coefficient (Wildman–Crippen LogP) is 1.98. The van der Waals surface area contributed by atoms with Crippen molar-refractivity contribution in [2.45, 2.75) is 26.3 Å². The molecule has 0 aliphatic heterocycles. The highest BCUT2D eigenvalue weighted by Gasteiger charge is 2.17. The monoisotopic (exact) mass is 258 g/mol. The van der Waals surface area contributed by atoms with Crippen LogP contribution in [0.3, 0.4) is 0 Å². The molecule has 1 amide bonds. The van der Waals surface area contributed by atoms with Gasteiger partial charge in [0, 0.05) is 17.4 Å². The van der Waals surface area contributed by atoms with E-state index in [1.165, 1.54) is 0 Å². The van der Waals surface area contributed by atoms with Crippen molar-refractivity contribution in [1.82, 2.24) is 15.1 Å². The highest BCUT2D eigenvalue weighted by Crippen LogP contribution is 2.11. The quantitative estimate of drug-likeness (QED) is 0.809. The van der Waals surface area contributed by atoms with Crippen molar-refractivity contribution in [2.24, 2.45) is 0 Å². The summed E-state index contributed by atoms with van der Waals surface area (Å²) in [4.78, 5) is 12.0. The van der Waals surface area contributed by atoms with Crippen LogP contribution in [0.1, 0.15) is 31.3 Å². The summed E-state index contributed by atoms with van der Waals surface area (Å²) < 4.78 is 1.65. The number of anilines is 1. The third-order valence-corrected chi connectivity index (χ3v) is 2.47. The molecule has 0 saturated carbocycles. The topological polar surface area (TPSA) is 72.9 Å². The highest BCUT2D eigenvalue weighted by atomic mass is 16.2. The summed E-state index contributed by atoms with van der Waals surface area (Å²) >= 11 is 0. The molecule has 0 fully saturated rings. The molecule has 100 valence electrons. The zero-order valence-electron chi connectivity index (χ0n) is 11.3. The van der Waals surface area contributed by atoms with Crippen LogP contribution in [0.2, 0.25) is 0 Å². The molecular weight excluding hydrogens is 240 g/mol. The Balaban J connectivity index is 2.19. The van der Waals surface area contributed by atoms with Gasteiger partial charge < -0.3 is 11.1 Å².